The molecule has 21 heavy (non-hydrogen) atoms. The SMILES string of the molecule is CCNc1ncc(C(=O)NCC2(COC)CCCC2)cn1. The first kappa shape index (κ1) is 15.7. The highest BCUT2D eigenvalue weighted by Crippen LogP contribution is 2.37. The third kappa shape index (κ3) is 4.14. The van der Waals surface area contributed by atoms with E-state index < -0.39 is 0 Å². The van der Waals surface area contributed by atoms with E-state index in [1.807, 2.05) is 6.92 Å². The molecule has 0 aliphatic heterocycles. The van der Waals surface area contributed by atoms with Gasteiger partial charge in [0.25, 0.3) is 5.91 Å². The standard InChI is InChI=1S/C15H24N4O2/c1-3-16-14-17-8-12(9-18-14)13(20)19-10-15(11-21-2)6-4-5-7-15/h8-9H,3-7,10-11H2,1-2H3,(H,19,20)(H,16,17,18). The van der Waals surface area contributed by atoms with Crippen LogP contribution in [0.2, 0.25) is 0 Å². The minimum atomic E-state index is -0.125. The summed E-state index contributed by atoms with van der Waals surface area (Å²) in [6.45, 7) is 4.07. The number of ether oxygens (including phenoxy) is 1. The van der Waals surface area contributed by atoms with Gasteiger partial charge < -0.3 is 15.4 Å². The molecule has 1 saturated carbocycles. The van der Waals surface area contributed by atoms with Gasteiger partial charge in [0, 0.05) is 38.0 Å². The summed E-state index contributed by atoms with van der Waals surface area (Å²) in [7, 11) is 1.72. The third-order valence-corrected chi connectivity index (χ3v) is 3.99. The van der Waals surface area contributed by atoms with E-state index in [1.165, 1.54) is 12.8 Å². The van der Waals surface area contributed by atoms with Crippen molar-refractivity contribution >= 4 is 11.9 Å². The Morgan fingerprint density at radius 3 is 2.57 bits per heavy atom. The van der Waals surface area contributed by atoms with Crippen LogP contribution in [0.3, 0.4) is 0 Å². The minimum Gasteiger partial charge on any atom is -0.384 e. The van der Waals surface area contributed by atoms with E-state index in [0.29, 0.717) is 24.7 Å². The second-order valence-electron chi connectivity index (χ2n) is 5.65. The van der Waals surface area contributed by atoms with Crippen LogP contribution < -0.4 is 10.6 Å². The molecule has 1 aromatic heterocycles. The summed E-state index contributed by atoms with van der Waals surface area (Å²) < 4.78 is 5.33. The lowest BCUT2D eigenvalue weighted by Gasteiger charge is -2.28. The number of rotatable bonds is 7. The van der Waals surface area contributed by atoms with Gasteiger partial charge in [0.2, 0.25) is 5.95 Å². The molecule has 6 nitrogen and oxygen atoms in total. The Balaban J connectivity index is 1.91. The molecule has 0 atom stereocenters. The Bertz CT molecular complexity index is 455. The lowest BCUT2D eigenvalue weighted by molar-refractivity contribution is 0.0740. The van der Waals surface area contributed by atoms with Crippen molar-refractivity contribution in [3.8, 4) is 0 Å². The summed E-state index contributed by atoms with van der Waals surface area (Å²) in [6.07, 6.45) is 7.74. The summed E-state index contributed by atoms with van der Waals surface area (Å²) in [6, 6.07) is 0. The van der Waals surface area contributed by atoms with E-state index in [1.54, 1.807) is 19.5 Å². The van der Waals surface area contributed by atoms with Crippen LogP contribution in [0.1, 0.15) is 43.0 Å². The molecule has 2 N–H and O–H groups in total. The van der Waals surface area contributed by atoms with Crippen LogP contribution in [0.15, 0.2) is 12.4 Å². The number of aromatic nitrogens is 2. The van der Waals surface area contributed by atoms with E-state index in [0.717, 1.165) is 19.4 Å². The lowest BCUT2D eigenvalue weighted by atomic mass is 9.87. The van der Waals surface area contributed by atoms with Crippen LogP contribution in [0, 0.1) is 5.41 Å². The van der Waals surface area contributed by atoms with Crippen LogP contribution in [0.25, 0.3) is 0 Å². The third-order valence-electron chi connectivity index (χ3n) is 3.99. The molecule has 1 amide bonds. The molecule has 1 aliphatic carbocycles. The maximum atomic E-state index is 12.2. The number of hydrogen-bond donors (Lipinski definition) is 2. The van der Waals surface area contributed by atoms with Crippen LogP contribution in [0.5, 0.6) is 0 Å². The van der Waals surface area contributed by atoms with E-state index in [9.17, 15) is 4.79 Å². The Hall–Kier alpha value is -1.69. The molecule has 6 heteroatoms. The molecule has 0 saturated heterocycles. The number of methoxy groups -OCH3 is 1. The molecule has 0 radical (unpaired) electrons. The summed E-state index contributed by atoms with van der Waals surface area (Å²) in [5.41, 5.74) is 0.580. The van der Waals surface area contributed by atoms with Crippen molar-refractivity contribution in [2.24, 2.45) is 5.41 Å². The lowest BCUT2D eigenvalue weighted by Crippen LogP contribution is -2.38. The Morgan fingerprint density at radius 1 is 1.33 bits per heavy atom. The van der Waals surface area contributed by atoms with Gasteiger partial charge in [-0.15, -0.1) is 0 Å². The van der Waals surface area contributed by atoms with Crippen molar-refractivity contribution in [1.29, 1.82) is 0 Å². The number of carbonyl (C=O) groups is 1. The van der Waals surface area contributed by atoms with Crippen molar-refractivity contribution in [2.75, 3.05) is 32.1 Å². The van der Waals surface area contributed by atoms with Gasteiger partial charge in [-0.2, -0.15) is 0 Å². The fourth-order valence-corrected chi connectivity index (χ4v) is 2.87. The zero-order valence-electron chi connectivity index (χ0n) is 12.8. The van der Waals surface area contributed by atoms with Crippen molar-refractivity contribution in [3.05, 3.63) is 18.0 Å². The quantitative estimate of drug-likeness (QED) is 0.802. The number of amides is 1. The van der Waals surface area contributed by atoms with Gasteiger partial charge in [-0.25, -0.2) is 9.97 Å². The van der Waals surface area contributed by atoms with Crippen LogP contribution >= 0.6 is 0 Å². The molecular formula is C15H24N4O2. The highest BCUT2D eigenvalue weighted by atomic mass is 16.5. The first-order valence-corrected chi connectivity index (χ1v) is 7.52. The van der Waals surface area contributed by atoms with Crippen molar-refractivity contribution < 1.29 is 9.53 Å². The zero-order valence-corrected chi connectivity index (χ0v) is 12.8. The number of hydrogen-bond acceptors (Lipinski definition) is 5. The summed E-state index contributed by atoms with van der Waals surface area (Å²) in [4.78, 5) is 20.4. The molecule has 116 valence electrons. The molecule has 1 aromatic rings. The number of carbonyl (C=O) groups excluding carboxylic acids is 1. The summed E-state index contributed by atoms with van der Waals surface area (Å²) in [5, 5.41) is 6.00. The van der Waals surface area contributed by atoms with Crippen LogP contribution in [-0.2, 0) is 4.74 Å². The molecule has 0 unspecified atom stereocenters. The maximum absolute atomic E-state index is 12.2. The Morgan fingerprint density at radius 2 is 2.00 bits per heavy atom. The Kier molecular flexibility index (Phi) is 5.50. The van der Waals surface area contributed by atoms with E-state index in [4.69, 9.17) is 4.74 Å². The molecule has 0 spiro atoms. The number of anilines is 1. The summed E-state index contributed by atoms with van der Waals surface area (Å²) >= 11 is 0. The van der Waals surface area contributed by atoms with Gasteiger partial charge in [0.1, 0.15) is 0 Å². The van der Waals surface area contributed by atoms with Gasteiger partial charge in [0.05, 0.1) is 12.2 Å². The molecule has 1 heterocycles. The monoisotopic (exact) mass is 292 g/mol. The maximum Gasteiger partial charge on any atom is 0.254 e. The van der Waals surface area contributed by atoms with Gasteiger partial charge in [-0.3, -0.25) is 4.79 Å². The normalized spacial score (nSPS) is 16.7. The molecular weight excluding hydrogens is 268 g/mol. The van der Waals surface area contributed by atoms with Gasteiger partial charge in [-0.1, -0.05) is 12.8 Å². The summed E-state index contributed by atoms with van der Waals surface area (Å²) in [5.74, 6) is 0.418. The van der Waals surface area contributed by atoms with Crippen molar-refractivity contribution in [3.63, 3.8) is 0 Å². The van der Waals surface area contributed by atoms with E-state index in [2.05, 4.69) is 20.6 Å². The fraction of sp³-hybridized carbons (Fsp3) is 0.667. The second kappa shape index (κ2) is 7.36. The highest BCUT2D eigenvalue weighted by Gasteiger charge is 2.34. The zero-order chi connectivity index (χ0) is 15.1. The fourth-order valence-electron chi connectivity index (χ4n) is 2.87. The minimum absolute atomic E-state index is 0.0922. The smallest absolute Gasteiger partial charge is 0.254 e. The predicted molar refractivity (Wildman–Crippen MR) is 81.3 cm³/mol. The first-order chi connectivity index (χ1) is 10.2. The Labute approximate surface area is 125 Å². The molecule has 2 rings (SSSR count). The van der Waals surface area contributed by atoms with E-state index >= 15 is 0 Å². The van der Waals surface area contributed by atoms with Gasteiger partial charge in [0.15, 0.2) is 0 Å². The van der Waals surface area contributed by atoms with Crippen molar-refractivity contribution in [1.82, 2.24) is 15.3 Å². The van der Waals surface area contributed by atoms with Crippen LogP contribution in [-0.4, -0.2) is 42.7 Å². The molecule has 1 fully saturated rings. The second-order valence-corrected chi connectivity index (χ2v) is 5.65. The molecule has 0 bridgehead atoms. The molecule has 1 aliphatic rings. The number of nitrogens with one attached hydrogen (secondary N) is 2. The first-order valence-electron chi connectivity index (χ1n) is 7.52. The highest BCUT2D eigenvalue weighted by molar-refractivity contribution is 5.93. The van der Waals surface area contributed by atoms with E-state index in [-0.39, 0.29) is 11.3 Å². The topological polar surface area (TPSA) is 76.1 Å². The van der Waals surface area contributed by atoms with Gasteiger partial charge >= 0.3 is 0 Å². The molecule has 0 aromatic carbocycles. The van der Waals surface area contributed by atoms with Crippen molar-refractivity contribution in [2.45, 2.75) is 32.6 Å². The van der Waals surface area contributed by atoms with Gasteiger partial charge in [-0.05, 0) is 19.8 Å². The average molecular weight is 292 g/mol. The number of nitrogens with zero attached hydrogens (tertiary/aromatic N) is 2. The van der Waals surface area contributed by atoms with Crippen LogP contribution in [0.4, 0.5) is 5.95 Å². The largest absolute Gasteiger partial charge is 0.384 e. The average Bonchev–Trinajstić information content (AvgIpc) is 2.95. The predicted octanol–water partition coefficient (Wildman–Crippen LogP) is 1.84.